The number of alkyl halides is 1. The maximum atomic E-state index is 12.4. The van der Waals surface area contributed by atoms with Gasteiger partial charge in [0, 0.05) is 24.5 Å². The van der Waals surface area contributed by atoms with E-state index in [-0.39, 0.29) is 23.3 Å². The Balaban J connectivity index is 2.15. The molecule has 0 aromatic carbocycles. The van der Waals surface area contributed by atoms with Crippen LogP contribution < -0.4 is 0 Å². The summed E-state index contributed by atoms with van der Waals surface area (Å²) in [7, 11) is 0. The van der Waals surface area contributed by atoms with Crippen LogP contribution in [0.15, 0.2) is 12.3 Å². The molecular formula is C12H16ClN3O3. The van der Waals surface area contributed by atoms with E-state index in [1.807, 2.05) is 0 Å². The van der Waals surface area contributed by atoms with Crippen molar-refractivity contribution in [3.63, 3.8) is 0 Å². The maximum Gasteiger partial charge on any atom is 0.287 e. The Bertz CT molecular complexity index is 469. The number of hydrogen-bond donors (Lipinski definition) is 1. The van der Waals surface area contributed by atoms with E-state index in [9.17, 15) is 14.9 Å². The van der Waals surface area contributed by atoms with Crippen LogP contribution in [0.25, 0.3) is 0 Å². The van der Waals surface area contributed by atoms with Gasteiger partial charge in [-0.3, -0.25) is 14.9 Å². The molecule has 1 heterocycles. The highest BCUT2D eigenvalue weighted by molar-refractivity contribution is 6.18. The molecule has 1 aromatic heterocycles. The van der Waals surface area contributed by atoms with Crippen molar-refractivity contribution in [2.75, 3.05) is 12.4 Å². The van der Waals surface area contributed by atoms with Crippen molar-refractivity contribution in [1.82, 2.24) is 9.88 Å². The first-order chi connectivity index (χ1) is 9.13. The van der Waals surface area contributed by atoms with Gasteiger partial charge in [0.25, 0.3) is 11.6 Å². The third kappa shape index (κ3) is 3.07. The molecule has 1 aliphatic rings. The smallest absolute Gasteiger partial charge is 0.287 e. The predicted molar refractivity (Wildman–Crippen MR) is 71.5 cm³/mol. The monoisotopic (exact) mass is 285 g/mol. The van der Waals surface area contributed by atoms with Crippen LogP contribution in [0.2, 0.25) is 0 Å². The second-order valence-corrected chi connectivity index (χ2v) is 5.03. The highest BCUT2D eigenvalue weighted by atomic mass is 35.5. The first-order valence-corrected chi connectivity index (χ1v) is 6.86. The Hall–Kier alpha value is -1.56. The van der Waals surface area contributed by atoms with E-state index in [1.165, 1.54) is 12.3 Å². The van der Waals surface area contributed by atoms with Gasteiger partial charge in [-0.25, -0.2) is 0 Å². The predicted octanol–water partition coefficient (Wildman–Crippen LogP) is 2.55. The fourth-order valence-corrected chi connectivity index (χ4v) is 2.71. The summed E-state index contributed by atoms with van der Waals surface area (Å²) in [6.07, 6.45) is 5.42. The van der Waals surface area contributed by atoms with Crippen LogP contribution in [0.5, 0.6) is 0 Å². The lowest BCUT2D eigenvalue weighted by atomic mass is 10.2. The zero-order valence-corrected chi connectivity index (χ0v) is 11.2. The minimum absolute atomic E-state index is 0.0967. The molecule has 0 bridgehead atoms. The van der Waals surface area contributed by atoms with Crippen LogP contribution in [0.4, 0.5) is 5.69 Å². The second-order valence-electron chi connectivity index (χ2n) is 4.65. The van der Waals surface area contributed by atoms with Gasteiger partial charge in [-0.2, -0.15) is 0 Å². The molecule has 7 heteroatoms. The van der Waals surface area contributed by atoms with E-state index in [1.54, 1.807) is 4.90 Å². The number of nitrogens with zero attached hydrogens (tertiary/aromatic N) is 2. The van der Waals surface area contributed by atoms with Gasteiger partial charge in [0.1, 0.15) is 5.69 Å². The number of amides is 1. The maximum absolute atomic E-state index is 12.4. The summed E-state index contributed by atoms with van der Waals surface area (Å²) >= 11 is 5.75. The standard InChI is InChI=1S/C12H16ClN3O3/c13-5-6-15(9-3-1-2-4-9)12(17)11-7-10(8-14-11)16(18)19/h7-9,14H,1-6H2. The lowest BCUT2D eigenvalue weighted by Crippen LogP contribution is -2.40. The minimum atomic E-state index is -0.519. The molecule has 0 atom stereocenters. The van der Waals surface area contributed by atoms with Gasteiger partial charge in [0.05, 0.1) is 11.1 Å². The average Bonchev–Trinajstić information content (AvgIpc) is 3.05. The second kappa shape index (κ2) is 6.06. The summed E-state index contributed by atoms with van der Waals surface area (Å²) in [5.74, 6) is 0.158. The summed E-state index contributed by atoms with van der Waals surface area (Å²) in [5.41, 5.74) is 0.157. The van der Waals surface area contributed by atoms with E-state index in [2.05, 4.69) is 4.98 Å². The molecule has 1 amide bonds. The fraction of sp³-hybridized carbons (Fsp3) is 0.583. The van der Waals surface area contributed by atoms with Crippen molar-refractivity contribution >= 4 is 23.2 Å². The van der Waals surface area contributed by atoms with Crippen LogP contribution in [0.3, 0.4) is 0 Å². The number of halogens is 1. The van der Waals surface area contributed by atoms with Crippen LogP contribution >= 0.6 is 11.6 Å². The number of aromatic nitrogens is 1. The minimum Gasteiger partial charge on any atom is -0.351 e. The summed E-state index contributed by atoms with van der Waals surface area (Å²) < 4.78 is 0. The number of nitro groups is 1. The average molecular weight is 286 g/mol. The van der Waals surface area contributed by atoms with Gasteiger partial charge in [0.15, 0.2) is 0 Å². The summed E-state index contributed by atoms with van der Waals surface area (Å²) in [6.45, 7) is 0.470. The molecule has 1 N–H and O–H groups in total. The van der Waals surface area contributed by atoms with E-state index in [0.29, 0.717) is 12.4 Å². The Labute approximate surface area is 115 Å². The molecular weight excluding hydrogens is 270 g/mol. The van der Waals surface area contributed by atoms with Crippen LogP contribution in [0, 0.1) is 10.1 Å². The molecule has 19 heavy (non-hydrogen) atoms. The zero-order valence-electron chi connectivity index (χ0n) is 10.5. The van der Waals surface area contributed by atoms with Crippen molar-refractivity contribution in [1.29, 1.82) is 0 Å². The molecule has 1 aromatic rings. The highest BCUT2D eigenvalue weighted by Gasteiger charge is 2.28. The first-order valence-electron chi connectivity index (χ1n) is 6.33. The van der Waals surface area contributed by atoms with Crippen molar-refractivity contribution < 1.29 is 9.72 Å². The van der Waals surface area contributed by atoms with E-state index in [0.717, 1.165) is 25.7 Å². The Kier molecular flexibility index (Phi) is 4.42. The van der Waals surface area contributed by atoms with Gasteiger partial charge < -0.3 is 9.88 Å². The molecule has 0 saturated heterocycles. The molecule has 6 nitrogen and oxygen atoms in total. The molecule has 0 aliphatic heterocycles. The highest BCUT2D eigenvalue weighted by Crippen LogP contribution is 2.25. The molecule has 0 unspecified atom stereocenters. The van der Waals surface area contributed by atoms with Crippen LogP contribution in [-0.4, -0.2) is 39.2 Å². The van der Waals surface area contributed by atoms with Crippen molar-refractivity contribution in [3.8, 4) is 0 Å². The molecule has 1 saturated carbocycles. The number of rotatable bonds is 5. The van der Waals surface area contributed by atoms with Gasteiger partial charge in [-0.1, -0.05) is 12.8 Å². The van der Waals surface area contributed by atoms with Crippen molar-refractivity contribution in [2.24, 2.45) is 0 Å². The number of H-pyrrole nitrogens is 1. The molecule has 0 spiro atoms. The summed E-state index contributed by atoms with van der Waals surface area (Å²) in [4.78, 5) is 26.9. The first kappa shape index (κ1) is 13.9. The Morgan fingerprint density at radius 3 is 2.74 bits per heavy atom. The van der Waals surface area contributed by atoms with Gasteiger partial charge >= 0.3 is 0 Å². The molecule has 0 radical (unpaired) electrons. The normalized spacial score (nSPS) is 15.6. The molecule has 1 fully saturated rings. The van der Waals surface area contributed by atoms with Gasteiger partial charge in [-0.15, -0.1) is 11.6 Å². The lowest BCUT2D eigenvalue weighted by molar-refractivity contribution is -0.384. The fourth-order valence-electron chi connectivity index (χ4n) is 2.52. The van der Waals surface area contributed by atoms with Crippen molar-refractivity contribution in [3.05, 3.63) is 28.1 Å². The largest absolute Gasteiger partial charge is 0.351 e. The van der Waals surface area contributed by atoms with Crippen LogP contribution in [0.1, 0.15) is 36.2 Å². The van der Waals surface area contributed by atoms with Gasteiger partial charge in [-0.05, 0) is 12.8 Å². The SMILES string of the molecule is O=C(c1cc([N+](=O)[O-])c[nH]1)N(CCCl)C1CCCC1. The molecule has 1 aliphatic carbocycles. The quantitative estimate of drug-likeness (QED) is 0.513. The number of nitrogens with one attached hydrogen (secondary N) is 1. The van der Waals surface area contributed by atoms with E-state index < -0.39 is 4.92 Å². The Morgan fingerprint density at radius 1 is 1.53 bits per heavy atom. The number of hydrogen-bond acceptors (Lipinski definition) is 3. The summed E-state index contributed by atoms with van der Waals surface area (Å²) in [5, 5.41) is 10.6. The third-order valence-corrected chi connectivity index (χ3v) is 3.63. The summed E-state index contributed by atoms with van der Waals surface area (Å²) in [6, 6.07) is 1.48. The lowest BCUT2D eigenvalue weighted by Gasteiger charge is -2.27. The number of carbonyl (C=O) groups excluding carboxylic acids is 1. The Morgan fingerprint density at radius 2 is 2.21 bits per heavy atom. The topological polar surface area (TPSA) is 79.2 Å². The zero-order chi connectivity index (χ0) is 13.8. The van der Waals surface area contributed by atoms with Gasteiger partial charge in [0.2, 0.25) is 0 Å². The number of carbonyl (C=O) groups is 1. The molecule has 2 rings (SSSR count). The van der Waals surface area contributed by atoms with Crippen molar-refractivity contribution in [2.45, 2.75) is 31.7 Å². The van der Waals surface area contributed by atoms with Crippen LogP contribution in [-0.2, 0) is 0 Å². The number of aromatic amines is 1. The molecule has 104 valence electrons. The van der Waals surface area contributed by atoms with E-state index in [4.69, 9.17) is 11.6 Å². The van der Waals surface area contributed by atoms with E-state index >= 15 is 0 Å². The third-order valence-electron chi connectivity index (χ3n) is 3.46.